The van der Waals surface area contributed by atoms with Gasteiger partial charge in [-0.05, 0) is 42.8 Å². The Labute approximate surface area is 127 Å². The van der Waals surface area contributed by atoms with Crippen molar-refractivity contribution in [2.75, 3.05) is 12.0 Å². The summed E-state index contributed by atoms with van der Waals surface area (Å²) in [6.07, 6.45) is 1.51. The number of ether oxygens (including phenoxy) is 1. The molecular weight excluding hydrogens is 284 g/mol. The predicted octanol–water partition coefficient (Wildman–Crippen LogP) is 2.94. The zero-order valence-electron chi connectivity index (χ0n) is 12.0. The van der Waals surface area contributed by atoms with Crippen LogP contribution >= 0.6 is 0 Å². The molecule has 0 fully saturated rings. The Hall–Kier alpha value is -3.02. The molecule has 2 aromatic carbocycles. The van der Waals surface area contributed by atoms with Crippen LogP contribution in [0.4, 0.5) is 5.69 Å². The highest BCUT2D eigenvalue weighted by molar-refractivity contribution is 5.94. The Bertz CT molecular complexity index is 698. The number of hydrogen-bond donors (Lipinski definition) is 3. The number of para-hydroxylation sites is 1. The van der Waals surface area contributed by atoms with Gasteiger partial charge >= 0.3 is 5.97 Å². The molecule has 0 aliphatic rings. The number of benzene rings is 2. The number of aromatic hydroxyl groups is 1. The number of phenolic OH excluding ortho intramolecular Hbond substituents is 1. The minimum absolute atomic E-state index is 0.0585. The third-order valence-corrected chi connectivity index (χ3v) is 2.84. The van der Waals surface area contributed by atoms with E-state index in [2.05, 4.69) is 10.5 Å². The van der Waals surface area contributed by atoms with E-state index in [1.165, 1.54) is 18.3 Å². The molecule has 2 aromatic rings. The minimum Gasteiger partial charge on any atom is -0.504 e. The van der Waals surface area contributed by atoms with Crippen LogP contribution in [0.2, 0.25) is 0 Å². The van der Waals surface area contributed by atoms with E-state index in [1.807, 2.05) is 6.92 Å². The van der Waals surface area contributed by atoms with Crippen LogP contribution in [-0.2, 0) is 0 Å². The van der Waals surface area contributed by atoms with Crippen molar-refractivity contribution in [2.24, 2.45) is 5.10 Å². The van der Waals surface area contributed by atoms with Gasteiger partial charge in [0.2, 0.25) is 0 Å². The fourth-order valence-electron chi connectivity index (χ4n) is 1.83. The maximum Gasteiger partial charge on any atom is 0.337 e. The molecule has 0 heterocycles. The Morgan fingerprint density at radius 1 is 1.32 bits per heavy atom. The summed E-state index contributed by atoms with van der Waals surface area (Å²) in [5, 5.41) is 22.7. The molecular formula is C16H16N2O4. The first-order valence-corrected chi connectivity index (χ1v) is 6.69. The number of rotatable bonds is 6. The molecule has 22 heavy (non-hydrogen) atoms. The molecule has 0 aromatic heterocycles. The molecule has 0 unspecified atom stereocenters. The van der Waals surface area contributed by atoms with Crippen LogP contribution in [0.3, 0.4) is 0 Å². The van der Waals surface area contributed by atoms with Gasteiger partial charge in [0.25, 0.3) is 0 Å². The smallest absolute Gasteiger partial charge is 0.337 e. The van der Waals surface area contributed by atoms with Gasteiger partial charge in [-0.25, -0.2) is 4.79 Å². The van der Waals surface area contributed by atoms with Crippen molar-refractivity contribution in [3.63, 3.8) is 0 Å². The molecule has 0 amide bonds. The predicted molar refractivity (Wildman–Crippen MR) is 83.9 cm³/mol. The van der Waals surface area contributed by atoms with E-state index in [0.29, 0.717) is 23.6 Å². The van der Waals surface area contributed by atoms with Gasteiger partial charge in [0, 0.05) is 0 Å². The second-order valence-electron chi connectivity index (χ2n) is 4.38. The van der Waals surface area contributed by atoms with Crippen LogP contribution < -0.4 is 10.2 Å². The molecule has 3 N–H and O–H groups in total. The maximum absolute atomic E-state index is 11.1. The molecule has 2 rings (SSSR count). The van der Waals surface area contributed by atoms with Crippen LogP contribution in [0.25, 0.3) is 0 Å². The molecule has 0 bridgehead atoms. The molecule has 0 spiro atoms. The van der Waals surface area contributed by atoms with Crippen molar-refractivity contribution < 1.29 is 19.7 Å². The Morgan fingerprint density at radius 3 is 2.82 bits per heavy atom. The molecule has 0 saturated heterocycles. The standard InChI is InChI=1S/C16H16N2O4/c1-2-22-15-9-11(7-8-14(15)19)10-17-18-13-6-4-3-5-12(13)16(20)21/h3-10,18-19H,2H2,1H3,(H,20,21)/b17-10+. The highest BCUT2D eigenvalue weighted by Crippen LogP contribution is 2.26. The van der Waals surface area contributed by atoms with Crippen LogP contribution in [0.1, 0.15) is 22.8 Å². The molecule has 0 saturated carbocycles. The first-order valence-electron chi connectivity index (χ1n) is 6.69. The summed E-state index contributed by atoms with van der Waals surface area (Å²) in [6, 6.07) is 11.3. The van der Waals surface area contributed by atoms with Gasteiger partial charge < -0.3 is 14.9 Å². The third-order valence-electron chi connectivity index (χ3n) is 2.84. The number of carbonyl (C=O) groups is 1. The lowest BCUT2D eigenvalue weighted by atomic mass is 10.2. The molecule has 6 heteroatoms. The number of hydrazone groups is 1. The lowest BCUT2D eigenvalue weighted by Gasteiger charge is -2.06. The number of nitrogens with one attached hydrogen (secondary N) is 1. The van der Waals surface area contributed by atoms with Gasteiger partial charge in [-0.3, -0.25) is 5.43 Å². The summed E-state index contributed by atoms with van der Waals surface area (Å²) in [5.41, 5.74) is 3.94. The summed E-state index contributed by atoms with van der Waals surface area (Å²) >= 11 is 0. The number of anilines is 1. The van der Waals surface area contributed by atoms with Gasteiger partial charge in [0.05, 0.1) is 24.1 Å². The summed E-state index contributed by atoms with van der Waals surface area (Å²) in [4.78, 5) is 11.1. The lowest BCUT2D eigenvalue weighted by molar-refractivity contribution is 0.0698. The van der Waals surface area contributed by atoms with Gasteiger partial charge in [-0.1, -0.05) is 12.1 Å². The van der Waals surface area contributed by atoms with Crippen molar-refractivity contribution >= 4 is 17.9 Å². The van der Waals surface area contributed by atoms with Gasteiger partial charge in [-0.2, -0.15) is 5.10 Å². The second kappa shape index (κ2) is 7.12. The number of phenols is 1. The molecule has 0 atom stereocenters. The normalized spacial score (nSPS) is 10.6. The maximum atomic E-state index is 11.1. The van der Waals surface area contributed by atoms with Gasteiger partial charge in [0.15, 0.2) is 11.5 Å². The number of carboxylic acids is 1. The van der Waals surface area contributed by atoms with Crippen molar-refractivity contribution in [1.82, 2.24) is 0 Å². The number of hydrogen-bond acceptors (Lipinski definition) is 5. The van der Waals surface area contributed by atoms with Crippen LogP contribution in [-0.4, -0.2) is 29.0 Å². The topological polar surface area (TPSA) is 91.2 Å². The molecule has 0 aliphatic carbocycles. The quantitative estimate of drug-likeness (QED) is 0.563. The van der Waals surface area contributed by atoms with Crippen LogP contribution in [0.5, 0.6) is 11.5 Å². The lowest BCUT2D eigenvalue weighted by Crippen LogP contribution is -2.02. The molecule has 6 nitrogen and oxygen atoms in total. The fraction of sp³-hybridized carbons (Fsp3) is 0.125. The first-order chi connectivity index (χ1) is 10.6. The largest absolute Gasteiger partial charge is 0.504 e. The second-order valence-corrected chi connectivity index (χ2v) is 4.38. The average Bonchev–Trinajstić information content (AvgIpc) is 2.51. The van der Waals surface area contributed by atoms with E-state index in [1.54, 1.807) is 30.3 Å². The zero-order chi connectivity index (χ0) is 15.9. The van der Waals surface area contributed by atoms with E-state index >= 15 is 0 Å². The van der Waals surface area contributed by atoms with E-state index in [4.69, 9.17) is 9.84 Å². The Balaban J connectivity index is 2.13. The summed E-state index contributed by atoms with van der Waals surface area (Å²) < 4.78 is 5.28. The van der Waals surface area contributed by atoms with Crippen LogP contribution in [0.15, 0.2) is 47.6 Å². The molecule has 0 radical (unpaired) electrons. The molecule has 0 aliphatic heterocycles. The zero-order valence-corrected chi connectivity index (χ0v) is 12.0. The van der Waals surface area contributed by atoms with Crippen molar-refractivity contribution in [3.05, 3.63) is 53.6 Å². The van der Waals surface area contributed by atoms with Crippen molar-refractivity contribution in [3.8, 4) is 11.5 Å². The average molecular weight is 300 g/mol. The number of aromatic carboxylic acids is 1. The monoisotopic (exact) mass is 300 g/mol. The van der Waals surface area contributed by atoms with Gasteiger partial charge in [-0.15, -0.1) is 0 Å². The Kier molecular flexibility index (Phi) is 4.98. The molecule has 114 valence electrons. The van der Waals surface area contributed by atoms with Crippen molar-refractivity contribution in [2.45, 2.75) is 6.92 Å². The first kappa shape index (κ1) is 15.4. The third kappa shape index (κ3) is 3.76. The SMILES string of the molecule is CCOc1cc(/C=N/Nc2ccccc2C(=O)O)ccc1O. The Morgan fingerprint density at radius 2 is 2.09 bits per heavy atom. The van der Waals surface area contributed by atoms with E-state index in [-0.39, 0.29) is 11.3 Å². The highest BCUT2D eigenvalue weighted by Gasteiger charge is 2.07. The fourth-order valence-corrected chi connectivity index (χ4v) is 1.83. The summed E-state index contributed by atoms with van der Waals surface area (Å²) in [6.45, 7) is 2.27. The summed E-state index contributed by atoms with van der Waals surface area (Å²) in [5.74, 6) is -0.595. The number of carboxylic acid groups (broad SMARTS) is 1. The van der Waals surface area contributed by atoms with Gasteiger partial charge in [0.1, 0.15) is 0 Å². The summed E-state index contributed by atoms with van der Waals surface area (Å²) in [7, 11) is 0. The van der Waals surface area contributed by atoms with Crippen LogP contribution in [0, 0.1) is 0 Å². The highest BCUT2D eigenvalue weighted by atomic mass is 16.5. The van der Waals surface area contributed by atoms with E-state index in [9.17, 15) is 9.90 Å². The van der Waals surface area contributed by atoms with Crippen molar-refractivity contribution in [1.29, 1.82) is 0 Å². The van der Waals surface area contributed by atoms with E-state index < -0.39 is 5.97 Å². The van der Waals surface area contributed by atoms with E-state index in [0.717, 1.165) is 0 Å². The number of nitrogens with zero attached hydrogens (tertiary/aromatic N) is 1. The minimum atomic E-state index is -1.03.